The monoisotopic (exact) mass is 297 g/mol. The highest BCUT2D eigenvalue weighted by molar-refractivity contribution is 9.09. The van der Waals surface area contributed by atoms with E-state index in [4.69, 9.17) is 15.2 Å². The highest BCUT2D eigenvalue weighted by Crippen LogP contribution is 2.41. The molecule has 1 atom stereocenters. The third kappa shape index (κ3) is 2.48. The number of hydrogen-bond acceptors (Lipinski definition) is 3. The van der Waals surface area contributed by atoms with Crippen molar-refractivity contribution in [1.82, 2.24) is 0 Å². The van der Waals surface area contributed by atoms with Crippen LogP contribution in [0.4, 0.5) is 0 Å². The molecule has 0 spiro atoms. The lowest BCUT2D eigenvalue weighted by Crippen LogP contribution is -2.20. The van der Waals surface area contributed by atoms with Gasteiger partial charge >= 0.3 is 0 Å². The second-order valence-electron chi connectivity index (χ2n) is 3.85. The predicted octanol–water partition coefficient (Wildman–Crippen LogP) is 2.58. The van der Waals surface area contributed by atoms with Gasteiger partial charge in [0.2, 0.25) is 0 Å². The van der Waals surface area contributed by atoms with Gasteiger partial charge in [-0.15, -0.1) is 0 Å². The molecule has 1 aliphatic rings. The number of nitrogens with two attached hydrogens (primary N) is 1. The lowest BCUT2D eigenvalue weighted by molar-refractivity contribution is 0.297. The van der Waals surface area contributed by atoms with E-state index in [2.05, 4.69) is 22.0 Å². The van der Waals surface area contributed by atoms with E-state index < -0.39 is 0 Å². The fourth-order valence-electron chi connectivity index (χ4n) is 1.94. The van der Waals surface area contributed by atoms with Gasteiger partial charge in [0.25, 0.3) is 0 Å². The van der Waals surface area contributed by atoms with Gasteiger partial charge in [-0.25, -0.2) is 0 Å². The zero-order valence-corrected chi connectivity index (χ0v) is 11.4. The fraction of sp³-hybridized carbons (Fsp3) is 0.385. The number of halogens is 1. The molecule has 0 radical (unpaired) electrons. The first-order valence-electron chi connectivity index (χ1n) is 5.62. The van der Waals surface area contributed by atoms with E-state index in [1.807, 2.05) is 18.2 Å². The van der Waals surface area contributed by atoms with Crippen LogP contribution < -0.4 is 15.2 Å². The molecule has 0 saturated heterocycles. The largest absolute Gasteiger partial charge is 0.493 e. The number of benzene rings is 1. The van der Waals surface area contributed by atoms with Crippen molar-refractivity contribution >= 4 is 21.5 Å². The van der Waals surface area contributed by atoms with Crippen molar-refractivity contribution in [3.8, 4) is 11.5 Å². The van der Waals surface area contributed by atoms with Gasteiger partial charge in [0.15, 0.2) is 11.5 Å². The Morgan fingerprint density at radius 2 is 2.41 bits per heavy atom. The molecule has 2 rings (SSSR count). The van der Waals surface area contributed by atoms with E-state index in [-0.39, 0.29) is 4.83 Å². The molecule has 0 bridgehead atoms. The summed E-state index contributed by atoms with van der Waals surface area (Å²) in [7, 11) is 1.66. The number of rotatable bonds is 3. The Labute approximate surface area is 110 Å². The number of methoxy groups -OCH3 is 1. The SMILES string of the molecule is COc1cccc2c1OCC(Br)C2=CCCN. The Bertz CT molecular complexity index is 431. The standard InChI is InChI=1S/C13H16BrNO2/c1-16-12-6-2-4-10-9(5-3-7-15)11(14)8-17-13(10)12/h2,4-6,11H,3,7-8,15H2,1H3. The zero-order chi connectivity index (χ0) is 12.3. The summed E-state index contributed by atoms with van der Waals surface area (Å²) in [6.45, 7) is 1.27. The topological polar surface area (TPSA) is 44.5 Å². The number of alkyl halides is 1. The van der Waals surface area contributed by atoms with Gasteiger partial charge in [-0.2, -0.15) is 0 Å². The highest BCUT2D eigenvalue weighted by Gasteiger charge is 2.25. The molecule has 3 nitrogen and oxygen atoms in total. The summed E-state index contributed by atoms with van der Waals surface area (Å²) in [6.07, 6.45) is 3.04. The van der Waals surface area contributed by atoms with Crippen LogP contribution in [-0.2, 0) is 0 Å². The number of hydrogen-bond donors (Lipinski definition) is 1. The summed E-state index contributed by atoms with van der Waals surface area (Å²) in [6, 6.07) is 5.93. The molecule has 0 fully saturated rings. The predicted molar refractivity (Wildman–Crippen MR) is 72.9 cm³/mol. The second kappa shape index (κ2) is 5.56. The van der Waals surface area contributed by atoms with E-state index in [0.29, 0.717) is 13.2 Å². The maximum atomic E-state index is 5.72. The quantitative estimate of drug-likeness (QED) is 0.872. The van der Waals surface area contributed by atoms with E-state index in [1.165, 1.54) is 5.57 Å². The maximum absolute atomic E-state index is 5.72. The van der Waals surface area contributed by atoms with Crippen LogP contribution >= 0.6 is 15.9 Å². The molecule has 0 saturated carbocycles. The molecule has 1 aromatic carbocycles. The summed E-state index contributed by atoms with van der Waals surface area (Å²) < 4.78 is 11.0. The molecule has 1 aliphatic heterocycles. The lowest BCUT2D eigenvalue weighted by Gasteiger charge is -2.26. The first kappa shape index (κ1) is 12.5. The van der Waals surface area contributed by atoms with Crippen LogP contribution in [0, 0.1) is 0 Å². The third-order valence-electron chi connectivity index (χ3n) is 2.75. The Hall–Kier alpha value is -1.00. The van der Waals surface area contributed by atoms with Crippen LogP contribution in [0.2, 0.25) is 0 Å². The van der Waals surface area contributed by atoms with Crippen molar-refractivity contribution in [3.05, 3.63) is 29.8 Å². The minimum atomic E-state index is 0.216. The number of ether oxygens (including phenoxy) is 2. The number of para-hydroxylation sites is 1. The van der Waals surface area contributed by atoms with Gasteiger partial charge in [0.05, 0.1) is 11.9 Å². The minimum Gasteiger partial charge on any atom is -0.493 e. The molecule has 17 heavy (non-hydrogen) atoms. The molecule has 0 aromatic heterocycles. The van der Waals surface area contributed by atoms with E-state index in [9.17, 15) is 0 Å². The third-order valence-corrected chi connectivity index (χ3v) is 3.51. The van der Waals surface area contributed by atoms with E-state index >= 15 is 0 Å². The van der Waals surface area contributed by atoms with Crippen LogP contribution in [0.1, 0.15) is 12.0 Å². The summed E-state index contributed by atoms with van der Waals surface area (Å²) in [5.41, 5.74) is 7.87. The molecule has 0 aliphatic carbocycles. The lowest BCUT2D eigenvalue weighted by atomic mass is 9.98. The van der Waals surface area contributed by atoms with Gasteiger partial charge in [0, 0.05) is 5.56 Å². The van der Waals surface area contributed by atoms with Gasteiger partial charge < -0.3 is 15.2 Å². The Morgan fingerprint density at radius 1 is 1.59 bits per heavy atom. The summed E-state index contributed by atoms with van der Waals surface area (Å²) in [5, 5.41) is 0. The van der Waals surface area contributed by atoms with Crippen LogP contribution in [-0.4, -0.2) is 25.1 Å². The summed E-state index contributed by atoms with van der Waals surface area (Å²) >= 11 is 3.63. The van der Waals surface area contributed by atoms with Gasteiger partial charge in [-0.3, -0.25) is 0 Å². The zero-order valence-electron chi connectivity index (χ0n) is 9.78. The Morgan fingerprint density at radius 3 is 3.12 bits per heavy atom. The molecule has 1 unspecified atom stereocenters. The van der Waals surface area contributed by atoms with Crippen LogP contribution in [0.15, 0.2) is 24.3 Å². The van der Waals surface area contributed by atoms with Crippen molar-refractivity contribution < 1.29 is 9.47 Å². The molecular formula is C13H16BrNO2. The maximum Gasteiger partial charge on any atom is 0.168 e. The highest BCUT2D eigenvalue weighted by atomic mass is 79.9. The molecule has 0 amide bonds. The van der Waals surface area contributed by atoms with Crippen LogP contribution in [0.3, 0.4) is 0 Å². The van der Waals surface area contributed by atoms with E-state index in [1.54, 1.807) is 7.11 Å². The first-order valence-corrected chi connectivity index (χ1v) is 6.54. The van der Waals surface area contributed by atoms with Crippen molar-refractivity contribution in [2.45, 2.75) is 11.2 Å². The van der Waals surface area contributed by atoms with Crippen molar-refractivity contribution in [1.29, 1.82) is 0 Å². The molecule has 2 N–H and O–H groups in total. The van der Waals surface area contributed by atoms with Gasteiger partial charge in [0.1, 0.15) is 6.61 Å². The summed E-state index contributed by atoms with van der Waals surface area (Å²) in [5.74, 6) is 1.61. The molecule has 4 heteroatoms. The molecule has 1 heterocycles. The normalized spacial score (nSPS) is 20.9. The van der Waals surface area contributed by atoms with Crippen molar-refractivity contribution in [2.75, 3.05) is 20.3 Å². The Balaban J connectivity index is 2.45. The fourth-order valence-corrected chi connectivity index (χ4v) is 2.51. The first-order chi connectivity index (χ1) is 8.27. The minimum absolute atomic E-state index is 0.216. The van der Waals surface area contributed by atoms with Crippen molar-refractivity contribution in [2.24, 2.45) is 5.73 Å². The molecular weight excluding hydrogens is 282 g/mol. The van der Waals surface area contributed by atoms with Crippen LogP contribution in [0.5, 0.6) is 11.5 Å². The average molecular weight is 298 g/mol. The molecule has 1 aromatic rings. The van der Waals surface area contributed by atoms with Crippen LogP contribution in [0.25, 0.3) is 5.57 Å². The van der Waals surface area contributed by atoms with Gasteiger partial charge in [-0.1, -0.05) is 34.1 Å². The second-order valence-corrected chi connectivity index (χ2v) is 4.96. The van der Waals surface area contributed by atoms with Gasteiger partial charge in [-0.05, 0) is 24.6 Å². The summed E-state index contributed by atoms with van der Waals surface area (Å²) in [4.78, 5) is 0.216. The van der Waals surface area contributed by atoms with E-state index in [0.717, 1.165) is 23.5 Å². The number of fused-ring (bicyclic) bond motifs is 1. The Kier molecular flexibility index (Phi) is 4.07. The van der Waals surface area contributed by atoms with Crippen molar-refractivity contribution in [3.63, 3.8) is 0 Å². The smallest absolute Gasteiger partial charge is 0.168 e. The molecule has 92 valence electrons. The average Bonchev–Trinajstić information content (AvgIpc) is 2.36.